The van der Waals surface area contributed by atoms with Gasteiger partial charge in [0.05, 0.1) is 12.1 Å². The minimum Gasteiger partial charge on any atom is -0.379 e. The van der Waals surface area contributed by atoms with Crippen molar-refractivity contribution in [3.05, 3.63) is 18.0 Å². The molecule has 3 atom stereocenters. The Labute approximate surface area is 95.7 Å². The average Bonchev–Trinajstić information content (AvgIpc) is 2.86. The fraction of sp³-hybridized carbons (Fsp3) is 0.667. The number of hydrogen-bond acceptors (Lipinski definition) is 4. The van der Waals surface area contributed by atoms with Crippen LogP contribution in [0, 0.1) is 12.8 Å². The van der Waals surface area contributed by atoms with Crippen LogP contribution < -0.4 is 4.90 Å². The normalized spacial score (nSPS) is 32.4. The predicted octanol–water partition coefficient (Wildman–Crippen LogP) is 1.40. The summed E-state index contributed by atoms with van der Waals surface area (Å²) in [6, 6.07) is 0.484. The molecule has 1 aromatic heterocycles. The van der Waals surface area contributed by atoms with Gasteiger partial charge in [0.1, 0.15) is 0 Å². The Morgan fingerprint density at radius 1 is 1.31 bits per heavy atom. The van der Waals surface area contributed by atoms with Crippen LogP contribution in [0.1, 0.15) is 18.4 Å². The molecule has 1 saturated heterocycles. The molecule has 16 heavy (non-hydrogen) atoms. The molecule has 0 spiro atoms. The Balaban J connectivity index is 1.85. The number of aryl methyl sites for hydroxylation is 1. The third-order valence-corrected chi connectivity index (χ3v) is 3.80. The lowest BCUT2D eigenvalue weighted by Gasteiger charge is -2.26. The van der Waals surface area contributed by atoms with E-state index in [0.717, 1.165) is 18.1 Å². The van der Waals surface area contributed by atoms with Crippen molar-refractivity contribution in [3.63, 3.8) is 0 Å². The van der Waals surface area contributed by atoms with Gasteiger partial charge >= 0.3 is 0 Å². The monoisotopic (exact) mass is 219 g/mol. The van der Waals surface area contributed by atoms with Gasteiger partial charge in [-0.1, -0.05) is 0 Å². The number of anilines is 1. The number of fused-ring (bicyclic) bond motifs is 2. The van der Waals surface area contributed by atoms with Crippen molar-refractivity contribution in [3.8, 4) is 0 Å². The smallest absolute Gasteiger partial charge is 0.225 e. The van der Waals surface area contributed by atoms with E-state index in [4.69, 9.17) is 4.74 Å². The lowest BCUT2D eigenvalue weighted by molar-refractivity contribution is 0.0853. The topological polar surface area (TPSA) is 38.2 Å². The number of rotatable bonds is 2. The quantitative estimate of drug-likeness (QED) is 0.753. The molecular formula is C12H17N3O. The molecule has 1 aromatic rings. The minimum atomic E-state index is 0.380. The molecule has 1 saturated carbocycles. The van der Waals surface area contributed by atoms with E-state index in [9.17, 15) is 0 Å². The zero-order valence-corrected chi connectivity index (χ0v) is 9.76. The van der Waals surface area contributed by atoms with Crippen LogP contribution in [0.4, 0.5) is 5.95 Å². The van der Waals surface area contributed by atoms with Crippen LogP contribution in [0.5, 0.6) is 0 Å². The fourth-order valence-corrected chi connectivity index (χ4v) is 3.06. The largest absolute Gasteiger partial charge is 0.379 e. The Kier molecular flexibility index (Phi) is 2.32. The maximum Gasteiger partial charge on any atom is 0.225 e. The summed E-state index contributed by atoms with van der Waals surface area (Å²) in [4.78, 5) is 11.1. The highest BCUT2D eigenvalue weighted by molar-refractivity contribution is 5.37. The van der Waals surface area contributed by atoms with Crippen molar-refractivity contribution in [2.75, 3.05) is 18.6 Å². The van der Waals surface area contributed by atoms with Crippen molar-refractivity contribution in [1.29, 1.82) is 0 Å². The van der Waals surface area contributed by atoms with Crippen molar-refractivity contribution >= 4 is 5.95 Å². The maximum absolute atomic E-state index is 5.58. The van der Waals surface area contributed by atoms with Gasteiger partial charge in [-0.05, 0) is 25.3 Å². The molecule has 2 bridgehead atoms. The van der Waals surface area contributed by atoms with Gasteiger partial charge in [-0.2, -0.15) is 0 Å². The first-order valence-corrected chi connectivity index (χ1v) is 5.87. The summed E-state index contributed by atoms with van der Waals surface area (Å²) in [7, 11) is 1.81. The van der Waals surface area contributed by atoms with Crippen molar-refractivity contribution in [2.24, 2.45) is 5.92 Å². The van der Waals surface area contributed by atoms with E-state index in [2.05, 4.69) is 14.9 Å². The standard InChI is InChI=1S/C12H17N3O/c1-8-5-13-12(14-6-8)15-7-9-3-4-10(15)11(9)16-2/h5-6,9-11H,3-4,7H2,1-2H3/t9-,10+,11+/m0/s1. The minimum absolute atomic E-state index is 0.380. The van der Waals surface area contributed by atoms with Gasteiger partial charge in [-0.3, -0.25) is 0 Å². The second-order valence-corrected chi connectivity index (χ2v) is 4.82. The third kappa shape index (κ3) is 1.40. The van der Waals surface area contributed by atoms with Crippen LogP contribution in [0.25, 0.3) is 0 Å². The van der Waals surface area contributed by atoms with E-state index >= 15 is 0 Å². The number of methoxy groups -OCH3 is 1. The van der Waals surface area contributed by atoms with Gasteiger partial charge in [0.2, 0.25) is 5.95 Å². The summed E-state index contributed by atoms with van der Waals surface area (Å²) in [5.41, 5.74) is 1.11. The molecular weight excluding hydrogens is 202 g/mol. The van der Waals surface area contributed by atoms with E-state index in [1.54, 1.807) is 0 Å². The summed E-state index contributed by atoms with van der Waals surface area (Å²) in [5, 5.41) is 0. The Morgan fingerprint density at radius 2 is 2.06 bits per heavy atom. The second-order valence-electron chi connectivity index (χ2n) is 4.82. The second kappa shape index (κ2) is 3.70. The first-order valence-electron chi connectivity index (χ1n) is 5.87. The number of piperidine rings is 1. The molecule has 2 aliphatic rings. The van der Waals surface area contributed by atoms with Crippen LogP contribution in [0.3, 0.4) is 0 Å². The summed E-state index contributed by atoms with van der Waals surface area (Å²) in [5.74, 6) is 1.53. The number of nitrogens with zero attached hydrogens (tertiary/aromatic N) is 3. The Hall–Kier alpha value is -1.16. The van der Waals surface area contributed by atoms with Crippen LogP contribution in [-0.2, 0) is 4.74 Å². The fourth-order valence-electron chi connectivity index (χ4n) is 3.06. The molecule has 0 aromatic carbocycles. The van der Waals surface area contributed by atoms with Gasteiger partial charge < -0.3 is 9.64 Å². The van der Waals surface area contributed by atoms with Crippen LogP contribution >= 0.6 is 0 Å². The molecule has 0 N–H and O–H groups in total. The Morgan fingerprint density at radius 3 is 2.69 bits per heavy atom. The van der Waals surface area contributed by atoms with Gasteiger partial charge in [-0.25, -0.2) is 9.97 Å². The summed E-state index contributed by atoms with van der Waals surface area (Å²) < 4.78 is 5.58. The molecule has 86 valence electrons. The highest BCUT2D eigenvalue weighted by Gasteiger charge is 2.48. The van der Waals surface area contributed by atoms with Crippen molar-refractivity contribution < 1.29 is 4.74 Å². The van der Waals surface area contributed by atoms with E-state index in [0.29, 0.717) is 18.1 Å². The first kappa shape index (κ1) is 10.0. The number of ether oxygens (including phenoxy) is 1. The van der Waals surface area contributed by atoms with E-state index < -0.39 is 0 Å². The van der Waals surface area contributed by atoms with Gasteiger partial charge in [0, 0.05) is 32.0 Å². The number of aromatic nitrogens is 2. The van der Waals surface area contributed by atoms with Crippen LogP contribution in [0.15, 0.2) is 12.4 Å². The van der Waals surface area contributed by atoms with E-state index in [-0.39, 0.29) is 0 Å². The van der Waals surface area contributed by atoms with Crippen LogP contribution in [-0.4, -0.2) is 35.8 Å². The van der Waals surface area contributed by atoms with Gasteiger partial charge in [-0.15, -0.1) is 0 Å². The maximum atomic E-state index is 5.58. The van der Waals surface area contributed by atoms with E-state index in [1.807, 2.05) is 26.4 Å². The van der Waals surface area contributed by atoms with Crippen molar-refractivity contribution in [2.45, 2.75) is 31.9 Å². The summed E-state index contributed by atoms with van der Waals surface area (Å²) in [6.07, 6.45) is 6.64. The molecule has 2 heterocycles. The molecule has 3 rings (SSSR count). The molecule has 1 aliphatic heterocycles. The number of hydrogen-bond donors (Lipinski definition) is 0. The highest BCUT2D eigenvalue weighted by atomic mass is 16.5. The molecule has 2 fully saturated rings. The molecule has 0 unspecified atom stereocenters. The lowest BCUT2D eigenvalue weighted by Crippen LogP contribution is -2.36. The molecule has 4 nitrogen and oxygen atoms in total. The molecule has 0 amide bonds. The van der Waals surface area contributed by atoms with E-state index in [1.165, 1.54) is 12.8 Å². The Bertz CT molecular complexity index is 378. The van der Waals surface area contributed by atoms with Gasteiger partial charge in [0.15, 0.2) is 0 Å². The SMILES string of the molecule is CO[C@@H]1[C@H]2CC[C@H]1N(c1ncc(C)cn1)C2. The first-order chi connectivity index (χ1) is 7.79. The zero-order chi connectivity index (χ0) is 11.1. The summed E-state index contributed by atoms with van der Waals surface area (Å²) in [6.45, 7) is 3.06. The highest BCUT2D eigenvalue weighted by Crippen LogP contribution is 2.40. The third-order valence-electron chi connectivity index (χ3n) is 3.80. The molecule has 0 radical (unpaired) electrons. The molecule has 4 heteroatoms. The summed E-state index contributed by atoms with van der Waals surface area (Å²) >= 11 is 0. The zero-order valence-electron chi connectivity index (χ0n) is 9.76. The van der Waals surface area contributed by atoms with Gasteiger partial charge in [0.25, 0.3) is 0 Å². The average molecular weight is 219 g/mol. The van der Waals surface area contributed by atoms with Crippen LogP contribution in [0.2, 0.25) is 0 Å². The lowest BCUT2D eigenvalue weighted by atomic mass is 10.1. The molecule has 1 aliphatic carbocycles. The van der Waals surface area contributed by atoms with Crippen molar-refractivity contribution in [1.82, 2.24) is 9.97 Å². The predicted molar refractivity (Wildman–Crippen MR) is 61.4 cm³/mol.